The first-order valence-electron chi connectivity index (χ1n) is 11.2. The van der Waals surface area contributed by atoms with Crippen molar-refractivity contribution in [2.24, 2.45) is 11.8 Å². The lowest BCUT2D eigenvalue weighted by molar-refractivity contribution is -0.163. The normalized spacial score (nSPS) is 26.7. The van der Waals surface area contributed by atoms with Gasteiger partial charge in [-0.3, -0.25) is 9.69 Å². The fourth-order valence-electron chi connectivity index (χ4n) is 4.82. The lowest BCUT2D eigenvalue weighted by Gasteiger charge is -2.46. The van der Waals surface area contributed by atoms with E-state index >= 15 is 0 Å². The van der Waals surface area contributed by atoms with Crippen LogP contribution in [0.1, 0.15) is 26.0 Å². The molecule has 35 heavy (non-hydrogen) atoms. The third kappa shape index (κ3) is 4.51. The number of hydrogen-bond donors (Lipinski definition) is 3. The first kappa shape index (κ1) is 25.4. The van der Waals surface area contributed by atoms with E-state index in [0.717, 1.165) is 5.57 Å². The number of aliphatic hydroxyl groups is 2. The Labute approximate surface area is 210 Å². The Bertz CT molecular complexity index is 1110. The first-order chi connectivity index (χ1) is 16.7. The highest BCUT2D eigenvalue weighted by molar-refractivity contribution is 8.04. The molecule has 10 nitrogen and oxygen atoms in total. The van der Waals surface area contributed by atoms with E-state index in [2.05, 4.69) is 11.6 Å². The molecule has 3 aliphatic rings. The zero-order valence-electron chi connectivity index (χ0n) is 19.3. The molecule has 0 aliphatic carbocycles. The summed E-state index contributed by atoms with van der Waals surface area (Å²) in [7, 11) is 0. The van der Waals surface area contributed by atoms with Crippen LogP contribution >= 0.6 is 23.1 Å². The molecule has 4 heterocycles. The molecule has 0 unspecified atom stereocenters. The molecule has 0 spiro atoms. The number of fused-ring (bicyclic) bond motifs is 1. The maximum Gasteiger partial charge on any atom is 0.410 e. The number of aliphatic hydroxyl groups excluding tert-OH is 2. The number of β-lactam (4-membered cyclic amide) rings is 1. The molecule has 3 N–H and O–H groups in total. The van der Waals surface area contributed by atoms with E-state index in [1.165, 1.54) is 39.0 Å². The lowest BCUT2D eigenvalue weighted by atomic mass is 9.79. The van der Waals surface area contributed by atoms with Gasteiger partial charge in [0.25, 0.3) is 0 Å². The summed E-state index contributed by atoms with van der Waals surface area (Å²) in [4.78, 5) is 44.7. The summed E-state index contributed by atoms with van der Waals surface area (Å²) in [6.07, 6.45) is 2.36. The van der Waals surface area contributed by atoms with Gasteiger partial charge in [-0.25, -0.2) is 14.6 Å². The van der Waals surface area contributed by atoms with E-state index in [9.17, 15) is 29.7 Å². The number of ether oxygens (including phenoxy) is 1. The van der Waals surface area contributed by atoms with Gasteiger partial charge in [0, 0.05) is 22.7 Å². The third-order valence-corrected chi connectivity index (χ3v) is 8.74. The minimum absolute atomic E-state index is 0.0444. The zero-order chi connectivity index (χ0) is 25.4. The highest BCUT2D eigenvalue weighted by Gasteiger charge is 2.60. The molecule has 0 bridgehead atoms. The van der Waals surface area contributed by atoms with Crippen molar-refractivity contribution in [3.8, 4) is 0 Å². The van der Waals surface area contributed by atoms with Crippen molar-refractivity contribution < 1.29 is 34.4 Å². The molecule has 12 heteroatoms. The van der Waals surface area contributed by atoms with Gasteiger partial charge in [-0.15, -0.1) is 11.3 Å². The first-order valence-corrected chi connectivity index (χ1v) is 12.9. The van der Waals surface area contributed by atoms with Crippen molar-refractivity contribution in [2.75, 3.05) is 19.8 Å². The molecule has 3 aliphatic heterocycles. The Morgan fingerprint density at radius 3 is 2.83 bits per heavy atom. The summed E-state index contributed by atoms with van der Waals surface area (Å²) in [5, 5.41) is 31.5. The van der Waals surface area contributed by atoms with Crippen molar-refractivity contribution in [1.29, 1.82) is 0 Å². The van der Waals surface area contributed by atoms with Crippen molar-refractivity contribution in [2.45, 2.75) is 42.8 Å². The molecule has 0 radical (unpaired) electrons. The van der Waals surface area contributed by atoms with Crippen molar-refractivity contribution in [1.82, 2.24) is 14.8 Å². The SMILES string of the molecule is C=CCOC(=O)N1CC=C(c2csc(SC3=C(C(=O)O)N4C(=O)[C@H]([C@@H](C)O)[C@H]4[C@H]3C)n2)C[C@H]1CO. The van der Waals surface area contributed by atoms with Gasteiger partial charge in [-0.05, 0) is 18.9 Å². The highest BCUT2D eigenvalue weighted by Crippen LogP contribution is 2.52. The number of nitrogens with zero attached hydrogens (tertiary/aromatic N) is 3. The second-order valence-electron chi connectivity index (χ2n) is 8.66. The van der Waals surface area contributed by atoms with Gasteiger partial charge in [0.05, 0.1) is 36.4 Å². The summed E-state index contributed by atoms with van der Waals surface area (Å²) in [5.74, 6) is -2.42. The summed E-state index contributed by atoms with van der Waals surface area (Å²) >= 11 is 2.58. The van der Waals surface area contributed by atoms with Crippen LogP contribution in [0.25, 0.3) is 5.57 Å². The minimum Gasteiger partial charge on any atom is -0.477 e. The molecule has 0 aromatic carbocycles. The molecule has 1 aromatic heterocycles. The number of carbonyl (C=O) groups is 3. The van der Waals surface area contributed by atoms with Gasteiger partial charge in [0.1, 0.15) is 12.3 Å². The van der Waals surface area contributed by atoms with E-state index in [-0.39, 0.29) is 43.3 Å². The summed E-state index contributed by atoms with van der Waals surface area (Å²) in [6.45, 7) is 7.05. The van der Waals surface area contributed by atoms with Crippen molar-refractivity contribution >= 4 is 46.6 Å². The van der Waals surface area contributed by atoms with E-state index in [0.29, 0.717) is 21.4 Å². The van der Waals surface area contributed by atoms with E-state index in [1.807, 2.05) is 18.4 Å². The van der Waals surface area contributed by atoms with Gasteiger partial charge in [-0.1, -0.05) is 37.4 Å². The zero-order valence-corrected chi connectivity index (χ0v) is 20.9. The molecule has 1 saturated heterocycles. The smallest absolute Gasteiger partial charge is 0.410 e. The topological polar surface area (TPSA) is 140 Å². The fraction of sp³-hybridized carbons (Fsp3) is 0.478. The Kier molecular flexibility index (Phi) is 7.36. The number of carboxylic acids is 1. The number of aromatic nitrogens is 1. The highest BCUT2D eigenvalue weighted by atomic mass is 32.2. The van der Waals surface area contributed by atoms with Crippen molar-refractivity contribution in [3.05, 3.63) is 40.4 Å². The Hall–Kier alpha value is -2.67. The summed E-state index contributed by atoms with van der Waals surface area (Å²) in [6, 6.07) is -0.832. The number of carbonyl (C=O) groups excluding carboxylic acids is 2. The maximum absolute atomic E-state index is 12.5. The third-order valence-electron chi connectivity index (χ3n) is 6.52. The predicted octanol–water partition coefficient (Wildman–Crippen LogP) is 2.16. The van der Waals surface area contributed by atoms with Crippen LogP contribution in [-0.4, -0.2) is 86.0 Å². The lowest BCUT2D eigenvalue weighted by Crippen LogP contribution is -2.63. The van der Waals surface area contributed by atoms with Crippen LogP contribution in [0.3, 0.4) is 0 Å². The molecule has 188 valence electrons. The monoisotopic (exact) mass is 521 g/mol. The van der Waals surface area contributed by atoms with Gasteiger partial charge < -0.3 is 25.0 Å². The maximum atomic E-state index is 12.5. The van der Waals surface area contributed by atoms with E-state index in [1.54, 1.807) is 6.92 Å². The number of hydrogen-bond acceptors (Lipinski definition) is 9. The molecule has 1 aromatic rings. The number of thioether (sulfide) groups is 1. The molecule has 2 amide bonds. The van der Waals surface area contributed by atoms with Gasteiger partial charge >= 0.3 is 12.1 Å². The Balaban J connectivity index is 1.52. The number of rotatable bonds is 8. The Morgan fingerprint density at radius 2 is 2.20 bits per heavy atom. The predicted molar refractivity (Wildman–Crippen MR) is 129 cm³/mol. The van der Waals surface area contributed by atoms with E-state index in [4.69, 9.17) is 4.74 Å². The molecular formula is C23H27N3O7S2. The van der Waals surface area contributed by atoms with Gasteiger partial charge in [-0.2, -0.15) is 0 Å². The second kappa shape index (κ2) is 10.1. The van der Waals surface area contributed by atoms with Gasteiger partial charge in [0.15, 0.2) is 4.34 Å². The quantitative estimate of drug-likeness (QED) is 0.347. The molecule has 1 fully saturated rings. The number of amides is 2. The Morgan fingerprint density at radius 1 is 1.46 bits per heavy atom. The van der Waals surface area contributed by atoms with Crippen LogP contribution in [0.5, 0.6) is 0 Å². The molecule has 0 saturated carbocycles. The average Bonchev–Trinajstić information content (AvgIpc) is 3.38. The summed E-state index contributed by atoms with van der Waals surface area (Å²) < 4.78 is 5.71. The van der Waals surface area contributed by atoms with E-state index < -0.39 is 30.1 Å². The van der Waals surface area contributed by atoms with Gasteiger partial charge in [0.2, 0.25) is 5.91 Å². The minimum atomic E-state index is -1.18. The van der Waals surface area contributed by atoms with Crippen LogP contribution in [0, 0.1) is 11.8 Å². The average molecular weight is 522 g/mol. The number of aliphatic carboxylic acids is 1. The van der Waals surface area contributed by atoms with Crippen molar-refractivity contribution in [3.63, 3.8) is 0 Å². The standard InChI is InChI=1S/C23H27N3O7S2/c1-4-7-33-23(32)25-6-5-13(8-14(25)9-27)15-10-34-22(24-15)35-19-11(2)17-16(12(3)28)20(29)26(17)18(19)21(30)31/h4-5,10-12,14,16-17,27-28H,1,6-9H2,2-3H3,(H,30,31)/t11-,12-,14+,16-,17-/m1/s1. The van der Waals surface area contributed by atoms with Crippen LogP contribution in [0.15, 0.2) is 39.1 Å². The second-order valence-corrected chi connectivity index (χ2v) is 10.8. The van der Waals surface area contributed by atoms with Crippen LogP contribution in [0.2, 0.25) is 0 Å². The number of carboxylic acid groups (broad SMARTS) is 1. The number of thiazole rings is 1. The molecular weight excluding hydrogens is 494 g/mol. The van der Waals surface area contributed by atoms with Crippen LogP contribution in [-0.2, 0) is 14.3 Å². The van der Waals surface area contributed by atoms with Crippen LogP contribution in [0.4, 0.5) is 4.79 Å². The molecule has 4 rings (SSSR count). The van der Waals surface area contributed by atoms with Crippen LogP contribution < -0.4 is 0 Å². The fourth-order valence-corrected chi connectivity index (χ4v) is 6.93. The largest absolute Gasteiger partial charge is 0.477 e. The summed E-state index contributed by atoms with van der Waals surface area (Å²) in [5.41, 5.74) is 1.52. The molecule has 5 atom stereocenters.